The smallest absolute Gasteiger partial charge is 0.220 e. The lowest BCUT2D eigenvalue weighted by atomic mass is 9.99. The minimum absolute atomic E-state index is 0.229. The van der Waals surface area contributed by atoms with Crippen LogP contribution in [0, 0.1) is 0 Å². The molecule has 0 aromatic heterocycles. The molecule has 1 aliphatic rings. The van der Waals surface area contributed by atoms with Crippen molar-refractivity contribution in [3.8, 4) is 0 Å². The van der Waals surface area contributed by atoms with E-state index in [0.29, 0.717) is 6.42 Å². The van der Waals surface area contributed by atoms with E-state index in [2.05, 4.69) is 153 Å². The summed E-state index contributed by atoms with van der Waals surface area (Å²) in [6.45, 7) is 3.57. The fourth-order valence-corrected chi connectivity index (χ4v) is 7.02. The maximum atomic E-state index is 13.0. The third kappa shape index (κ3) is 36.1. The summed E-state index contributed by atoms with van der Waals surface area (Å²) in [6.07, 6.45) is 66.2. The molecule has 1 heterocycles. The molecule has 0 spiro atoms. The highest BCUT2D eigenvalue weighted by atomic mass is 16.7. The Balaban J connectivity index is 2.29. The molecular weight excluding hydrogens is 851 g/mol. The lowest BCUT2D eigenvalue weighted by Gasteiger charge is -2.40. The van der Waals surface area contributed by atoms with Crippen LogP contribution in [0.15, 0.2) is 146 Å². The summed E-state index contributed by atoms with van der Waals surface area (Å²) in [5.74, 6) is -0.238. The quantitative estimate of drug-likeness (QED) is 0.0262. The number of amides is 1. The van der Waals surface area contributed by atoms with Crippen molar-refractivity contribution in [1.29, 1.82) is 0 Å². The molecule has 1 saturated heterocycles. The third-order valence-electron chi connectivity index (χ3n) is 11.1. The summed E-state index contributed by atoms with van der Waals surface area (Å²) in [5.41, 5.74) is 0. The van der Waals surface area contributed by atoms with Gasteiger partial charge in [-0.15, -0.1) is 0 Å². The van der Waals surface area contributed by atoms with Crippen LogP contribution in [0.4, 0.5) is 0 Å². The highest BCUT2D eigenvalue weighted by molar-refractivity contribution is 5.76. The summed E-state index contributed by atoms with van der Waals surface area (Å²) in [7, 11) is 0. The molecule has 6 N–H and O–H groups in total. The number of ether oxygens (including phenoxy) is 2. The van der Waals surface area contributed by atoms with Crippen LogP contribution in [0.25, 0.3) is 0 Å². The van der Waals surface area contributed by atoms with Crippen LogP contribution in [-0.2, 0) is 14.3 Å². The number of allylic oxidation sites excluding steroid dienone is 23. The molecule has 1 rings (SSSR count). The standard InChI is InChI=1S/C59H93NO8/c1-3-5-7-9-11-13-15-17-18-19-20-21-22-23-24-25-26-27-28-29-30-31-32-33-34-35-36-37-39-41-43-45-47-49-55(63)60-52(51-67-59-58(66)57(65)56(64)54(50-61)68-59)53(62)48-46-44-42-40-38-16-14-12-10-8-6-4-2/h5,7,11,13,17-18,20-21,23-24,26-27,29-30,32-33,35-36,38-41,46,48,52-54,56-59,61-62,64-66H,3-4,6,8-10,12,14-16,19,22,25,28,31,34,37,42-45,47,49-51H2,1-2H3,(H,60,63)/b7-5-,13-11-,18-17-,21-20-,24-23-,27-26-,30-29-,33-32-,36-35-,40-38+,41-39-,48-46+. The van der Waals surface area contributed by atoms with Gasteiger partial charge in [-0.3, -0.25) is 4.79 Å². The van der Waals surface area contributed by atoms with Gasteiger partial charge in [0.15, 0.2) is 6.29 Å². The normalized spacial score (nSPS) is 20.8. The van der Waals surface area contributed by atoms with Crippen molar-refractivity contribution in [1.82, 2.24) is 5.32 Å². The van der Waals surface area contributed by atoms with Gasteiger partial charge < -0.3 is 40.3 Å². The number of hydrogen-bond donors (Lipinski definition) is 6. The van der Waals surface area contributed by atoms with Gasteiger partial charge >= 0.3 is 0 Å². The van der Waals surface area contributed by atoms with E-state index in [1.54, 1.807) is 6.08 Å². The van der Waals surface area contributed by atoms with Gasteiger partial charge in [0.05, 0.1) is 25.4 Å². The maximum Gasteiger partial charge on any atom is 0.220 e. The number of carbonyl (C=O) groups is 1. The van der Waals surface area contributed by atoms with E-state index in [1.807, 2.05) is 6.08 Å². The Kier molecular flexibility index (Phi) is 42.7. The van der Waals surface area contributed by atoms with Gasteiger partial charge in [-0.2, -0.15) is 0 Å². The van der Waals surface area contributed by atoms with Crippen LogP contribution in [0.2, 0.25) is 0 Å². The van der Waals surface area contributed by atoms with Crippen LogP contribution in [0.5, 0.6) is 0 Å². The lowest BCUT2D eigenvalue weighted by Crippen LogP contribution is -2.60. The summed E-state index contributed by atoms with van der Waals surface area (Å²) >= 11 is 0. The van der Waals surface area contributed by atoms with Gasteiger partial charge in [-0.25, -0.2) is 0 Å². The van der Waals surface area contributed by atoms with Crippen LogP contribution in [0.3, 0.4) is 0 Å². The molecule has 1 aliphatic heterocycles. The third-order valence-corrected chi connectivity index (χ3v) is 11.1. The molecule has 0 aromatic rings. The number of aliphatic hydroxyl groups is 5. The van der Waals surface area contributed by atoms with Crippen molar-refractivity contribution in [2.24, 2.45) is 0 Å². The molecule has 1 amide bonds. The molecular formula is C59H93NO8. The van der Waals surface area contributed by atoms with Gasteiger partial charge in [0, 0.05) is 6.42 Å². The largest absolute Gasteiger partial charge is 0.394 e. The number of aliphatic hydroxyl groups excluding tert-OH is 5. The van der Waals surface area contributed by atoms with Crippen molar-refractivity contribution in [3.63, 3.8) is 0 Å². The molecule has 0 saturated carbocycles. The van der Waals surface area contributed by atoms with Gasteiger partial charge in [0.25, 0.3) is 0 Å². The van der Waals surface area contributed by atoms with Crippen molar-refractivity contribution in [2.75, 3.05) is 13.2 Å². The average molecular weight is 944 g/mol. The minimum Gasteiger partial charge on any atom is -0.394 e. The lowest BCUT2D eigenvalue weighted by molar-refractivity contribution is -0.302. The van der Waals surface area contributed by atoms with Crippen molar-refractivity contribution >= 4 is 5.91 Å². The molecule has 0 bridgehead atoms. The van der Waals surface area contributed by atoms with Crippen LogP contribution >= 0.6 is 0 Å². The average Bonchev–Trinajstić information content (AvgIpc) is 3.34. The Morgan fingerprint density at radius 1 is 0.515 bits per heavy atom. The van der Waals surface area contributed by atoms with Crippen LogP contribution < -0.4 is 5.32 Å². The molecule has 382 valence electrons. The Morgan fingerprint density at radius 2 is 0.926 bits per heavy atom. The molecule has 7 unspecified atom stereocenters. The van der Waals surface area contributed by atoms with Crippen LogP contribution in [-0.4, -0.2) is 87.5 Å². The predicted molar refractivity (Wildman–Crippen MR) is 285 cm³/mol. The van der Waals surface area contributed by atoms with Crippen molar-refractivity contribution in [3.05, 3.63) is 146 Å². The van der Waals surface area contributed by atoms with Gasteiger partial charge in [0.2, 0.25) is 5.91 Å². The zero-order valence-electron chi connectivity index (χ0n) is 42.0. The molecule has 1 fully saturated rings. The molecule has 9 nitrogen and oxygen atoms in total. The first-order valence-corrected chi connectivity index (χ1v) is 26.1. The van der Waals surface area contributed by atoms with Crippen molar-refractivity contribution in [2.45, 2.75) is 204 Å². The van der Waals surface area contributed by atoms with E-state index in [9.17, 15) is 30.3 Å². The van der Waals surface area contributed by atoms with Gasteiger partial charge in [0.1, 0.15) is 24.4 Å². The fourth-order valence-electron chi connectivity index (χ4n) is 7.02. The summed E-state index contributed by atoms with van der Waals surface area (Å²) in [5, 5.41) is 54.2. The molecule has 9 heteroatoms. The summed E-state index contributed by atoms with van der Waals surface area (Å²) in [6, 6.07) is -0.855. The number of hydrogen-bond acceptors (Lipinski definition) is 8. The Labute approximate surface area is 413 Å². The molecule has 0 aromatic carbocycles. The molecule has 0 aliphatic carbocycles. The Morgan fingerprint density at radius 3 is 1.41 bits per heavy atom. The number of carbonyl (C=O) groups excluding carboxylic acids is 1. The van der Waals surface area contributed by atoms with E-state index in [-0.39, 0.29) is 18.9 Å². The first-order valence-electron chi connectivity index (χ1n) is 26.1. The molecule has 7 atom stereocenters. The van der Waals surface area contributed by atoms with Crippen LogP contribution in [0.1, 0.15) is 162 Å². The molecule has 0 radical (unpaired) electrons. The Bertz CT molecular complexity index is 1560. The second-order valence-corrected chi connectivity index (χ2v) is 17.2. The number of unbranched alkanes of at least 4 members (excludes halogenated alkanes) is 9. The first kappa shape index (κ1) is 62.1. The van der Waals surface area contributed by atoms with E-state index < -0.39 is 49.5 Å². The monoisotopic (exact) mass is 944 g/mol. The van der Waals surface area contributed by atoms with Gasteiger partial charge in [-0.05, 0) is 109 Å². The van der Waals surface area contributed by atoms with E-state index in [4.69, 9.17) is 9.47 Å². The first-order chi connectivity index (χ1) is 33.3. The SMILES string of the molecule is CC/C=C\C/C=C\C/C=C\C/C=C\C/C=C\C/C=C\C/C=C\C/C=C\C/C=C\C/C=C\CCCCC(=O)NC(COC1OC(CO)C(O)C(O)C1O)C(O)/C=C/CC/C=C/CCCCCCCC. The summed E-state index contributed by atoms with van der Waals surface area (Å²) in [4.78, 5) is 13.0. The minimum atomic E-state index is -1.59. The zero-order valence-corrected chi connectivity index (χ0v) is 42.0. The van der Waals surface area contributed by atoms with E-state index in [1.165, 1.54) is 38.5 Å². The predicted octanol–water partition coefficient (Wildman–Crippen LogP) is 12.3. The second kappa shape index (κ2) is 46.8. The Hall–Kier alpha value is -3.93. The highest BCUT2D eigenvalue weighted by Gasteiger charge is 2.44. The highest BCUT2D eigenvalue weighted by Crippen LogP contribution is 2.22. The van der Waals surface area contributed by atoms with E-state index >= 15 is 0 Å². The summed E-state index contributed by atoms with van der Waals surface area (Å²) < 4.78 is 11.2. The van der Waals surface area contributed by atoms with Gasteiger partial charge in [-0.1, -0.05) is 192 Å². The zero-order chi connectivity index (χ0) is 49.4. The van der Waals surface area contributed by atoms with Crippen molar-refractivity contribution < 1.29 is 39.8 Å². The van der Waals surface area contributed by atoms with E-state index in [0.717, 1.165) is 96.3 Å². The maximum absolute atomic E-state index is 13.0. The number of rotatable bonds is 41. The number of nitrogens with one attached hydrogen (secondary N) is 1. The molecule has 68 heavy (non-hydrogen) atoms. The topological polar surface area (TPSA) is 149 Å². The fraction of sp³-hybridized carbons (Fsp3) is 0.576. The second-order valence-electron chi connectivity index (χ2n) is 17.2.